The molecule has 0 spiro atoms. The van der Waals surface area contributed by atoms with Gasteiger partial charge in [0, 0.05) is 32.7 Å². The smallest absolute Gasteiger partial charge is 0.410 e. The number of carbonyl (C=O) groups excluding carboxylic acids is 1. The van der Waals surface area contributed by atoms with Crippen LogP contribution in [0.25, 0.3) is 0 Å². The number of ether oxygens (including phenoxy) is 2. The van der Waals surface area contributed by atoms with E-state index < -0.39 is 5.60 Å². The lowest BCUT2D eigenvalue weighted by atomic mass is 10.1. The Morgan fingerprint density at radius 1 is 1.06 bits per heavy atom. The number of hydrogen-bond donors (Lipinski definition) is 1. The number of rotatable bonds is 7. The van der Waals surface area contributed by atoms with Crippen LogP contribution in [0.15, 0.2) is 42.7 Å². The molecule has 3 heterocycles. The second-order valence-corrected chi connectivity index (χ2v) is 10.7. The summed E-state index contributed by atoms with van der Waals surface area (Å²) in [6.45, 7) is 11.6. The molecule has 0 saturated carbocycles. The van der Waals surface area contributed by atoms with Gasteiger partial charge in [0.2, 0.25) is 5.95 Å². The van der Waals surface area contributed by atoms with Crippen molar-refractivity contribution in [2.75, 3.05) is 37.7 Å². The largest absolute Gasteiger partial charge is 0.487 e. The molecule has 4 rings (SSSR count). The van der Waals surface area contributed by atoms with E-state index in [-0.39, 0.29) is 30.9 Å². The van der Waals surface area contributed by atoms with Crippen LogP contribution in [0.1, 0.15) is 46.1 Å². The van der Waals surface area contributed by atoms with E-state index in [1.54, 1.807) is 26.2 Å². The fourth-order valence-electron chi connectivity index (χ4n) is 4.88. The molecule has 2 aromatic rings. The van der Waals surface area contributed by atoms with E-state index >= 15 is 0 Å². The number of likely N-dealkylation sites (tertiary alicyclic amines) is 1. The number of nitrogens with zero attached hydrogens (tertiary/aromatic N) is 5. The summed E-state index contributed by atoms with van der Waals surface area (Å²) >= 11 is 0. The third kappa shape index (κ3) is 7.07. The molecule has 1 amide bonds. The number of benzene rings is 1. The van der Waals surface area contributed by atoms with Crippen molar-refractivity contribution in [1.82, 2.24) is 19.8 Å². The molecule has 0 unspecified atom stereocenters. The van der Waals surface area contributed by atoms with Crippen molar-refractivity contribution >= 4 is 12.0 Å². The number of aliphatic hydroxyl groups is 1. The second-order valence-electron chi connectivity index (χ2n) is 10.7. The van der Waals surface area contributed by atoms with E-state index in [2.05, 4.69) is 44.0 Å². The van der Waals surface area contributed by atoms with Crippen LogP contribution in [0.3, 0.4) is 0 Å². The molecule has 2 saturated heterocycles. The van der Waals surface area contributed by atoms with Crippen molar-refractivity contribution < 1.29 is 19.4 Å². The summed E-state index contributed by atoms with van der Waals surface area (Å²) < 4.78 is 11.5. The highest BCUT2D eigenvalue weighted by Gasteiger charge is 2.36. The van der Waals surface area contributed by atoms with Crippen molar-refractivity contribution in [2.24, 2.45) is 0 Å². The summed E-state index contributed by atoms with van der Waals surface area (Å²) in [5.41, 5.74) is 0.391. The fraction of sp³-hybridized carbons (Fsp3) is 0.593. The van der Waals surface area contributed by atoms with Crippen LogP contribution in [-0.4, -0.2) is 87.5 Å². The van der Waals surface area contributed by atoms with Crippen molar-refractivity contribution in [3.8, 4) is 5.75 Å². The van der Waals surface area contributed by atoms with Gasteiger partial charge in [-0.25, -0.2) is 14.8 Å². The number of hydrogen-bond acceptors (Lipinski definition) is 8. The zero-order chi connectivity index (χ0) is 25.7. The summed E-state index contributed by atoms with van der Waals surface area (Å²) in [4.78, 5) is 28.3. The fourth-order valence-corrected chi connectivity index (χ4v) is 4.88. The maximum Gasteiger partial charge on any atom is 0.410 e. The molecule has 1 aromatic carbocycles. The molecule has 196 valence electrons. The molecular weight excluding hydrogens is 458 g/mol. The van der Waals surface area contributed by atoms with Crippen LogP contribution in [0.5, 0.6) is 5.75 Å². The Hall–Kier alpha value is -2.91. The van der Waals surface area contributed by atoms with Gasteiger partial charge in [0.1, 0.15) is 12.7 Å². The van der Waals surface area contributed by atoms with Gasteiger partial charge < -0.3 is 19.5 Å². The second kappa shape index (κ2) is 11.4. The molecule has 0 bridgehead atoms. The molecule has 0 radical (unpaired) electrons. The first-order valence-corrected chi connectivity index (χ1v) is 12.9. The number of piperazine rings is 1. The number of aromatic nitrogens is 2. The van der Waals surface area contributed by atoms with Crippen LogP contribution < -0.4 is 9.64 Å². The Kier molecular flexibility index (Phi) is 8.31. The van der Waals surface area contributed by atoms with Crippen LogP contribution >= 0.6 is 0 Å². The predicted octanol–water partition coefficient (Wildman–Crippen LogP) is 3.33. The number of piperidine rings is 1. The summed E-state index contributed by atoms with van der Waals surface area (Å²) in [5.74, 6) is 1.11. The first kappa shape index (κ1) is 26.2. The Morgan fingerprint density at radius 3 is 2.25 bits per heavy atom. The van der Waals surface area contributed by atoms with E-state index in [4.69, 9.17) is 9.47 Å². The first-order chi connectivity index (χ1) is 17.2. The topological polar surface area (TPSA) is 91.3 Å². The molecular formula is C27H39N5O4. The van der Waals surface area contributed by atoms with Crippen LogP contribution in [0.4, 0.5) is 10.7 Å². The molecule has 0 aliphatic carbocycles. The summed E-state index contributed by atoms with van der Waals surface area (Å²) in [6.07, 6.45) is 4.69. The SMILES string of the molecule is C[C@@H]1CN(c2ncc(OCC(C)(C)O)cn2)C[C@H](C)N1C(=O)OC1CCN(Cc2ccccc2)CC1. The van der Waals surface area contributed by atoms with Crippen molar-refractivity contribution in [3.63, 3.8) is 0 Å². The third-order valence-electron chi connectivity index (χ3n) is 6.67. The predicted molar refractivity (Wildman–Crippen MR) is 138 cm³/mol. The molecule has 2 aliphatic heterocycles. The van der Waals surface area contributed by atoms with Gasteiger partial charge >= 0.3 is 6.09 Å². The summed E-state index contributed by atoms with van der Waals surface area (Å²) in [5, 5.41) is 9.82. The van der Waals surface area contributed by atoms with Crippen molar-refractivity contribution in [3.05, 3.63) is 48.3 Å². The Morgan fingerprint density at radius 2 is 1.67 bits per heavy atom. The Labute approximate surface area is 214 Å². The minimum absolute atomic E-state index is 0.0332. The zero-order valence-corrected chi connectivity index (χ0v) is 21.8. The van der Waals surface area contributed by atoms with Gasteiger partial charge in [-0.3, -0.25) is 9.80 Å². The number of anilines is 1. The number of carbonyl (C=O) groups is 1. The highest BCUT2D eigenvalue weighted by atomic mass is 16.6. The quantitative estimate of drug-likeness (QED) is 0.623. The molecule has 1 N–H and O–H groups in total. The standard InChI is InChI=1S/C27H39N5O4/c1-20-16-31(25-28-14-24(15-29-25)35-19-27(3,4)34)17-21(2)32(20)26(33)36-23-10-12-30(13-11-23)18-22-8-6-5-7-9-22/h5-9,14-15,20-21,23,34H,10-13,16-19H2,1-4H3/t20-,21+. The summed E-state index contributed by atoms with van der Waals surface area (Å²) in [6, 6.07) is 10.4. The van der Waals surface area contributed by atoms with Crippen molar-refractivity contribution in [1.29, 1.82) is 0 Å². The molecule has 9 nitrogen and oxygen atoms in total. The lowest BCUT2D eigenvalue weighted by molar-refractivity contribution is 0.00992. The minimum atomic E-state index is -0.923. The molecule has 2 atom stereocenters. The molecule has 2 aliphatic rings. The van der Waals surface area contributed by atoms with Crippen LogP contribution in [-0.2, 0) is 11.3 Å². The lowest BCUT2D eigenvalue weighted by Gasteiger charge is -2.44. The average molecular weight is 498 g/mol. The van der Waals surface area contributed by atoms with E-state index in [0.717, 1.165) is 32.5 Å². The number of amides is 1. The van der Waals surface area contributed by atoms with Crippen LogP contribution in [0, 0.1) is 0 Å². The van der Waals surface area contributed by atoms with Gasteiger partial charge in [-0.05, 0) is 46.1 Å². The normalized spacial score (nSPS) is 21.9. The summed E-state index contributed by atoms with van der Waals surface area (Å²) in [7, 11) is 0. The molecule has 9 heteroatoms. The van der Waals surface area contributed by atoms with Crippen molar-refractivity contribution in [2.45, 2.75) is 70.9 Å². The maximum atomic E-state index is 13.1. The van der Waals surface area contributed by atoms with Gasteiger partial charge in [0.15, 0.2) is 5.75 Å². The first-order valence-electron chi connectivity index (χ1n) is 12.9. The van der Waals surface area contributed by atoms with E-state index in [0.29, 0.717) is 24.8 Å². The average Bonchev–Trinajstić information content (AvgIpc) is 2.84. The lowest BCUT2D eigenvalue weighted by Crippen LogP contribution is -2.59. The molecule has 2 fully saturated rings. The van der Waals surface area contributed by atoms with E-state index in [1.807, 2.05) is 24.8 Å². The molecule has 36 heavy (non-hydrogen) atoms. The van der Waals surface area contributed by atoms with Gasteiger partial charge in [-0.2, -0.15) is 0 Å². The maximum absolute atomic E-state index is 13.1. The van der Waals surface area contributed by atoms with Gasteiger partial charge in [0.05, 0.1) is 30.1 Å². The Balaban J connectivity index is 1.25. The van der Waals surface area contributed by atoms with Gasteiger partial charge in [0.25, 0.3) is 0 Å². The minimum Gasteiger partial charge on any atom is -0.487 e. The van der Waals surface area contributed by atoms with Gasteiger partial charge in [-0.1, -0.05) is 30.3 Å². The van der Waals surface area contributed by atoms with E-state index in [9.17, 15) is 9.90 Å². The van der Waals surface area contributed by atoms with Crippen LogP contribution in [0.2, 0.25) is 0 Å². The monoisotopic (exact) mass is 497 g/mol. The zero-order valence-electron chi connectivity index (χ0n) is 21.8. The van der Waals surface area contributed by atoms with Gasteiger partial charge in [-0.15, -0.1) is 0 Å². The third-order valence-corrected chi connectivity index (χ3v) is 6.67. The Bertz CT molecular complexity index is 962. The highest BCUT2D eigenvalue weighted by Crippen LogP contribution is 2.24. The molecule has 1 aromatic heterocycles. The highest BCUT2D eigenvalue weighted by molar-refractivity contribution is 5.69. The van der Waals surface area contributed by atoms with E-state index in [1.165, 1.54) is 5.56 Å².